The molecule has 1 N–H and O–H groups in total. The van der Waals surface area contributed by atoms with Crippen LogP contribution in [0.4, 0.5) is 37.7 Å². The molecule has 0 radical (unpaired) electrons. The highest BCUT2D eigenvalue weighted by atomic mass is 19.4. The third-order valence-electron chi connectivity index (χ3n) is 8.53. The first-order valence-electron chi connectivity index (χ1n) is 14.3. The molecule has 3 aromatic rings. The summed E-state index contributed by atoms with van der Waals surface area (Å²) in [6.45, 7) is 0.536. The van der Waals surface area contributed by atoms with Crippen LogP contribution in [0.25, 0.3) is 0 Å². The molecule has 0 amide bonds. The number of hydrogen-bond donors (Lipinski definition) is 1. The van der Waals surface area contributed by atoms with Gasteiger partial charge in [0.15, 0.2) is 0 Å². The number of alkyl halides is 6. The van der Waals surface area contributed by atoms with Crippen LogP contribution < -0.4 is 14.5 Å². The summed E-state index contributed by atoms with van der Waals surface area (Å²) in [5.74, 6) is -0.864. The lowest BCUT2D eigenvalue weighted by atomic mass is 9.78. The predicted molar refractivity (Wildman–Crippen MR) is 150 cm³/mol. The highest BCUT2D eigenvalue weighted by Crippen LogP contribution is 2.52. The number of carboxylic acid groups (broad SMARTS) is 1. The minimum absolute atomic E-state index is 0.111. The Bertz CT molecular complexity index is 1470. The van der Waals surface area contributed by atoms with Crippen LogP contribution >= 0.6 is 0 Å². The zero-order valence-corrected chi connectivity index (χ0v) is 23.2. The maximum atomic E-state index is 13.1. The fourth-order valence-corrected chi connectivity index (χ4v) is 6.60. The molecule has 6 rings (SSSR count). The van der Waals surface area contributed by atoms with E-state index in [0.717, 1.165) is 11.1 Å². The number of halogens is 6. The van der Waals surface area contributed by atoms with E-state index in [1.807, 2.05) is 12.1 Å². The number of anilines is 2. The van der Waals surface area contributed by atoms with Crippen molar-refractivity contribution >= 4 is 17.3 Å². The van der Waals surface area contributed by atoms with Crippen LogP contribution in [-0.4, -0.2) is 49.6 Å². The van der Waals surface area contributed by atoms with E-state index in [-0.39, 0.29) is 18.7 Å². The normalized spacial score (nSPS) is 16.6. The van der Waals surface area contributed by atoms with Crippen LogP contribution in [0.3, 0.4) is 0 Å². The van der Waals surface area contributed by atoms with Crippen molar-refractivity contribution in [2.24, 2.45) is 0 Å². The van der Waals surface area contributed by atoms with Gasteiger partial charge < -0.3 is 19.6 Å². The van der Waals surface area contributed by atoms with Crippen molar-refractivity contribution in [3.8, 4) is 11.5 Å². The van der Waals surface area contributed by atoms with Gasteiger partial charge in [-0.1, -0.05) is 18.2 Å². The second-order valence-corrected chi connectivity index (χ2v) is 11.4. The number of aromatic carboxylic acids is 1. The first-order valence-corrected chi connectivity index (χ1v) is 14.3. The van der Waals surface area contributed by atoms with Crippen molar-refractivity contribution in [1.29, 1.82) is 0 Å². The number of hydrogen-bond acceptors (Lipinski definition) is 4. The Hall–Kier alpha value is -3.89. The van der Waals surface area contributed by atoms with Gasteiger partial charge in [0.05, 0.1) is 18.4 Å². The lowest BCUT2D eigenvalue weighted by Crippen LogP contribution is -2.33. The maximum Gasteiger partial charge on any atom is 0.390 e. The van der Waals surface area contributed by atoms with Crippen molar-refractivity contribution in [2.75, 3.05) is 36.0 Å². The van der Waals surface area contributed by atoms with Crippen LogP contribution in [0.2, 0.25) is 0 Å². The summed E-state index contributed by atoms with van der Waals surface area (Å²) in [6, 6.07) is 14.0. The number of aryl methyl sites for hydroxylation is 2. The molecule has 0 saturated carbocycles. The quantitative estimate of drug-likeness (QED) is 0.226. The second kappa shape index (κ2) is 11.0. The first-order chi connectivity index (χ1) is 20.4. The van der Waals surface area contributed by atoms with Crippen LogP contribution in [0.15, 0.2) is 48.5 Å². The molecule has 0 fully saturated rings. The highest BCUT2D eigenvalue weighted by Gasteiger charge is 2.36. The van der Waals surface area contributed by atoms with Crippen molar-refractivity contribution in [3.05, 3.63) is 81.9 Å². The van der Waals surface area contributed by atoms with E-state index >= 15 is 0 Å². The molecular weight excluding hydrogens is 574 g/mol. The molecule has 43 heavy (non-hydrogen) atoms. The number of carbonyl (C=O) groups is 1. The first kappa shape index (κ1) is 29.2. The SMILES string of the molecule is O=C(O)c1ccccc1C1c2cc3c(cc2Oc2cc4c(cc21)CCCN4CCC(F)(F)F)N(CCC(F)(F)F)CCC3. The Morgan fingerprint density at radius 2 is 1.26 bits per heavy atom. The van der Waals surface area contributed by atoms with Gasteiger partial charge in [-0.25, -0.2) is 4.79 Å². The summed E-state index contributed by atoms with van der Waals surface area (Å²) in [5, 5.41) is 10.1. The molecule has 228 valence electrons. The Kier molecular flexibility index (Phi) is 7.46. The van der Waals surface area contributed by atoms with Gasteiger partial charge in [0.25, 0.3) is 0 Å². The third-order valence-corrected chi connectivity index (χ3v) is 8.53. The van der Waals surface area contributed by atoms with Gasteiger partial charge in [-0.05, 0) is 60.6 Å². The minimum atomic E-state index is -4.30. The fraction of sp³-hybridized carbons (Fsp3) is 0.406. The van der Waals surface area contributed by atoms with Crippen LogP contribution in [0.5, 0.6) is 11.5 Å². The number of benzene rings is 3. The largest absolute Gasteiger partial charge is 0.478 e. The van der Waals surface area contributed by atoms with E-state index < -0.39 is 37.1 Å². The molecule has 0 bridgehead atoms. The van der Waals surface area contributed by atoms with Crippen LogP contribution in [0, 0.1) is 0 Å². The van der Waals surface area contributed by atoms with E-state index in [2.05, 4.69) is 0 Å². The van der Waals surface area contributed by atoms with Crippen molar-refractivity contribution in [1.82, 2.24) is 0 Å². The molecular formula is C32H30F6N2O3. The molecule has 0 saturated heterocycles. The molecule has 3 aromatic carbocycles. The molecule has 0 aromatic heterocycles. The van der Waals surface area contributed by atoms with E-state index in [9.17, 15) is 36.2 Å². The summed E-state index contributed by atoms with van der Waals surface area (Å²) in [4.78, 5) is 15.7. The summed E-state index contributed by atoms with van der Waals surface area (Å²) in [5.41, 5.74) is 5.10. The average Bonchev–Trinajstić information content (AvgIpc) is 2.95. The number of nitrogens with zero attached hydrogens (tertiary/aromatic N) is 2. The average molecular weight is 605 g/mol. The number of fused-ring (bicyclic) bond motifs is 4. The zero-order chi connectivity index (χ0) is 30.5. The number of carboxylic acids is 1. The van der Waals surface area contributed by atoms with E-state index in [1.165, 1.54) is 6.07 Å². The number of rotatable bonds is 6. The number of ether oxygens (including phenoxy) is 1. The molecule has 0 atom stereocenters. The van der Waals surface area contributed by atoms with Gasteiger partial charge in [-0.2, -0.15) is 26.3 Å². The summed E-state index contributed by atoms with van der Waals surface area (Å²) in [7, 11) is 0. The van der Waals surface area contributed by atoms with Gasteiger partial charge in [-0.3, -0.25) is 0 Å². The van der Waals surface area contributed by atoms with E-state index in [4.69, 9.17) is 4.74 Å². The van der Waals surface area contributed by atoms with Crippen molar-refractivity contribution < 1.29 is 41.0 Å². The second-order valence-electron chi connectivity index (χ2n) is 11.4. The van der Waals surface area contributed by atoms with Crippen molar-refractivity contribution in [3.63, 3.8) is 0 Å². The smallest absolute Gasteiger partial charge is 0.390 e. The lowest BCUT2D eigenvalue weighted by Gasteiger charge is -2.37. The molecule has 5 nitrogen and oxygen atoms in total. The minimum Gasteiger partial charge on any atom is -0.478 e. The molecule has 0 unspecified atom stereocenters. The van der Waals surface area contributed by atoms with E-state index in [0.29, 0.717) is 78.3 Å². The Labute approximate surface area is 244 Å². The summed E-state index contributed by atoms with van der Waals surface area (Å²) >= 11 is 0. The Morgan fingerprint density at radius 1 is 0.767 bits per heavy atom. The molecule has 0 aliphatic carbocycles. The Balaban J connectivity index is 1.48. The third kappa shape index (κ3) is 5.99. The topological polar surface area (TPSA) is 53.0 Å². The molecule has 0 spiro atoms. The summed E-state index contributed by atoms with van der Waals surface area (Å²) in [6.07, 6.45) is -7.85. The zero-order valence-electron chi connectivity index (χ0n) is 23.2. The molecule has 3 aliphatic heterocycles. The van der Waals surface area contributed by atoms with Crippen LogP contribution in [-0.2, 0) is 12.8 Å². The van der Waals surface area contributed by atoms with Crippen molar-refractivity contribution in [2.45, 2.75) is 56.8 Å². The fourth-order valence-electron chi connectivity index (χ4n) is 6.60. The lowest BCUT2D eigenvalue weighted by molar-refractivity contribution is -0.133. The maximum absolute atomic E-state index is 13.1. The van der Waals surface area contributed by atoms with Gasteiger partial charge in [0.1, 0.15) is 11.5 Å². The molecule has 3 aliphatic rings. The van der Waals surface area contributed by atoms with Crippen LogP contribution in [0.1, 0.15) is 69.8 Å². The van der Waals surface area contributed by atoms with Gasteiger partial charge in [0.2, 0.25) is 0 Å². The Morgan fingerprint density at radius 3 is 1.72 bits per heavy atom. The standard InChI is InChI=1S/C32H30F6N2O3/c33-31(34,35)9-13-39-11-3-5-19-15-23-27(17-25(19)39)43-28-18-26-20(6-4-12-40(26)14-10-32(36,37)38)16-24(28)29(23)21-7-1-2-8-22(21)30(41)42/h1-2,7-8,15-18,29H,3-6,9-14H2,(H,41,42). The van der Waals surface area contributed by atoms with Gasteiger partial charge >= 0.3 is 18.3 Å². The molecule has 3 heterocycles. The monoisotopic (exact) mass is 604 g/mol. The predicted octanol–water partition coefficient (Wildman–Crippen LogP) is 8.08. The van der Waals surface area contributed by atoms with Gasteiger partial charge in [0, 0.05) is 66.7 Å². The highest BCUT2D eigenvalue weighted by molar-refractivity contribution is 5.90. The molecule has 11 heteroatoms. The summed E-state index contributed by atoms with van der Waals surface area (Å²) < 4.78 is 85.0. The van der Waals surface area contributed by atoms with Gasteiger partial charge in [-0.15, -0.1) is 0 Å². The van der Waals surface area contributed by atoms with E-state index in [1.54, 1.807) is 40.1 Å².